The predicted molar refractivity (Wildman–Crippen MR) is 76.2 cm³/mol. The fraction of sp³-hybridized carbons (Fsp3) is 0.0833. The van der Waals surface area contributed by atoms with Gasteiger partial charge >= 0.3 is 0 Å². The van der Waals surface area contributed by atoms with Gasteiger partial charge in [0.1, 0.15) is 5.01 Å². The second kappa shape index (κ2) is 4.69. The van der Waals surface area contributed by atoms with Crippen molar-refractivity contribution in [3.8, 4) is 0 Å². The maximum absolute atomic E-state index is 11.9. The molecule has 0 aliphatic heterocycles. The smallest absolute Gasteiger partial charge is 0.260 e. The monoisotopic (exact) mass is 273 g/mol. The van der Waals surface area contributed by atoms with Crippen LogP contribution < -0.4 is 16.6 Å². The first-order valence-electron chi connectivity index (χ1n) is 5.64. The third kappa shape index (κ3) is 2.41. The van der Waals surface area contributed by atoms with Gasteiger partial charge in [0.2, 0.25) is 5.95 Å². The quantitative estimate of drug-likeness (QED) is 0.629. The van der Waals surface area contributed by atoms with E-state index < -0.39 is 0 Å². The summed E-state index contributed by atoms with van der Waals surface area (Å²) in [6.07, 6.45) is 1.74. The first-order chi connectivity index (χ1) is 9.22. The molecule has 3 rings (SSSR count). The van der Waals surface area contributed by atoms with Gasteiger partial charge in [-0.2, -0.15) is 0 Å². The molecule has 0 saturated heterocycles. The van der Waals surface area contributed by atoms with Crippen LogP contribution in [-0.2, 0) is 6.54 Å². The lowest BCUT2D eigenvalue weighted by atomic mass is 10.2. The molecular formula is C12H11N5OS. The highest BCUT2D eigenvalue weighted by molar-refractivity contribution is 7.09. The molecule has 0 fully saturated rings. The van der Waals surface area contributed by atoms with Crippen molar-refractivity contribution in [2.45, 2.75) is 6.54 Å². The van der Waals surface area contributed by atoms with Gasteiger partial charge in [-0.3, -0.25) is 9.78 Å². The average Bonchev–Trinajstić information content (AvgIpc) is 2.90. The molecule has 6 nitrogen and oxygen atoms in total. The summed E-state index contributed by atoms with van der Waals surface area (Å²) in [7, 11) is 0. The van der Waals surface area contributed by atoms with Gasteiger partial charge in [-0.1, -0.05) is 0 Å². The fourth-order valence-corrected chi connectivity index (χ4v) is 2.30. The first-order valence-corrected chi connectivity index (χ1v) is 6.52. The summed E-state index contributed by atoms with van der Waals surface area (Å²) in [5.74, 6) is 0.428. The van der Waals surface area contributed by atoms with Crippen LogP contribution in [0.1, 0.15) is 5.01 Å². The molecule has 4 N–H and O–H groups in total. The summed E-state index contributed by atoms with van der Waals surface area (Å²) in [4.78, 5) is 23.1. The molecule has 0 unspecified atom stereocenters. The molecule has 7 heteroatoms. The second-order valence-corrected chi connectivity index (χ2v) is 4.95. The van der Waals surface area contributed by atoms with Gasteiger partial charge in [0.15, 0.2) is 0 Å². The van der Waals surface area contributed by atoms with Gasteiger partial charge in [-0.15, -0.1) is 11.3 Å². The van der Waals surface area contributed by atoms with E-state index in [-0.39, 0.29) is 5.56 Å². The third-order valence-electron chi connectivity index (χ3n) is 2.62. The zero-order valence-corrected chi connectivity index (χ0v) is 10.7. The lowest BCUT2D eigenvalue weighted by Crippen LogP contribution is -2.13. The Morgan fingerprint density at radius 3 is 3.11 bits per heavy atom. The second-order valence-electron chi connectivity index (χ2n) is 3.97. The Morgan fingerprint density at radius 1 is 1.42 bits per heavy atom. The van der Waals surface area contributed by atoms with Crippen LogP contribution in [-0.4, -0.2) is 15.0 Å². The number of aromatic nitrogens is 3. The van der Waals surface area contributed by atoms with Gasteiger partial charge in [0, 0.05) is 17.3 Å². The van der Waals surface area contributed by atoms with Crippen LogP contribution in [0.15, 0.2) is 34.6 Å². The van der Waals surface area contributed by atoms with Crippen molar-refractivity contribution < 1.29 is 0 Å². The van der Waals surface area contributed by atoms with E-state index in [1.165, 1.54) is 0 Å². The summed E-state index contributed by atoms with van der Waals surface area (Å²) >= 11 is 1.54. The molecule has 96 valence electrons. The summed E-state index contributed by atoms with van der Waals surface area (Å²) in [5, 5.41) is 6.36. The Bertz CT molecular complexity index is 765. The fourth-order valence-electron chi connectivity index (χ4n) is 1.74. The summed E-state index contributed by atoms with van der Waals surface area (Å²) in [6.45, 7) is 0.529. The van der Waals surface area contributed by atoms with Crippen molar-refractivity contribution in [3.63, 3.8) is 0 Å². The Kier molecular flexibility index (Phi) is 2.88. The number of nitrogens with two attached hydrogens (primary N) is 1. The SMILES string of the molecule is Nc1ccc2nc(NCc3nccs3)[nH]c(=O)c2c1. The minimum atomic E-state index is -0.209. The number of hydrogen-bond donors (Lipinski definition) is 3. The molecule has 3 aromatic rings. The molecule has 0 saturated carbocycles. The summed E-state index contributed by atoms with van der Waals surface area (Å²) in [6, 6.07) is 5.07. The molecule has 1 aromatic carbocycles. The standard InChI is InChI=1S/C12H11N5OS/c13-7-1-2-9-8(5-7)11(18)17-12(16-9)15-6-10-14-3-4-19-10/h1-5H,6,13H2,(H2,15,16,17,18). The molecule has 0 aliphatic rings. The van der Waals surface area contributed by atoms with E-state index in [2.05, 4.69) is 20.3 Å². The Balaban J connectivity index is 1.93. The largest absolute Gasteiger partial charge is 0.399 e. The average molecular weight is 273 g/mol. The predicted octanol–water partition coefficient (Wildman–Crippen LogP) is 1.57. The molecular weight excluding hydrogens is 262 g/mol. The highest BCUT2D eigenvalue weighted by Gasteiger charge is 2.04. The van der Waals surface area contributed by atoms with Crippen molar-refractivity contribution in [3.05, 3.63) is 45.1 Å². The highest BCUT2D eigenvalue weighted by Crippen LogP contribution is 2.13. The Labute approximate surface area is 112 Å². The number of anilines is 2. The van der Waals surface area contributed by atoms with Crippen molar-refractivity contribution in [1.29, 1.82) is 0 Å². The van der Waals surface area contributed by atoms with E-state index in [0.717, 1.165) is 5.01 Å². The molecule has 0 bridgehead atoms. The molecule has 2 heterocycles. The number of aromatic amines is 1. The number of nitrogen functional groups attached to an aromatic ring is 1. The lowest BCUT2D eigenvalue weighted by molar-refractivity contribution is 1.04. The molecule has 0 radical (unpaired) electrons. The summed E-state index contributed by atoms with van der Waals surface area (Å²) < 4.78 is 0. The number of nitrogens with zero attached hydrogens (tertiary/aromatic N) is 2. The number of rotatable bonds is 3. The first kappa shape index (κ1) is 11.7. The molecule has 0 aliphatic carbocycles. The van der Waals surface area contributed by atoms with E-state index in [1.807, 2.05) is 5.38 Å². The van der Waals surface area contributed by atoms with Crippen molar-refractivity contribution in [1.82, 2.24) is 15.0 Å². The number of nitrogens with one attached hydrogen (secondary N) is 2. The van der Waals surface area contributed by atoms with E-state index in [1.54, 1.807) is 35.7 Å². The third-order valence-corrected chi connectivity index (χ3v) is 3.40. The van der Waals surface area contributed by atoms with Gasteiger partial charge in [0.05, 0.1) is 17.4 Å². The number of fused-ring (bicyclic) bond motifs is 1. The normalized spacial score (nSPS) is 10.7. The zero-order valence-electron chi connectivity index (χ0n) is 9.88. The Hall–Kier alpha value is -2.41. The lowest BCUT2D eigenvalue weighted by Gasteiger charge is -2.05. The maximum Gasteiger partial charge on any atom is 0.260 e. The Morgan fingerprint density at radius 2 is 2.32 bits per heavy atom. The van der Waals surface area contributed by atoms with E-state index >= 15 is 0 Å². The van der Waals surface area contributed by atoms with E-state index in [9.17, 15) is 4.79 Å². The minimum absolute atomic E-state index is 0.209. The number of H-pyrrole nitrogens is 1. The van der Waals surface area contributed by atoms with Crippen molar-refractivity contribution >= 4 is 33.9 Å². The molecule has 2 aromatic heterocycles. The van der Waals surface area contributed by atoms with Crippen LogP contribution in [0.2, 0.25) is 0 Å². The van der Waals surface area contributed by atoms with Crippen LogP contribution in [0.25, 0.3) is 10.9 Å². The van der Waals surface area contributed by atoms with Crippen LogP contribution in [0.3, 0.4) is 0 Å². The van der Waals surface area contributed by atoms with Gasteiger partial charge in [0.25, 0.3) is 5.56 Å². The van der Waals surface area contributed by atoms with Crippen LogP contribution in [0.4, 0.5) is 11.6 Å². The van der Waals surface area contributed by atoms with Gasteiger partial charge < -0.3 is 11.1 Å². The van der Waals surface area contributed by atoms with E-state index in [0.29, 0.717) is 29.1 Å². The van der Waals surface area contributed by atoms with Crippen LogP contribution in [0.5, 0.6) is 0 Å². The highest BCUT2D eigenvalue weighted by atomic mass is 32.1. The zero-order chi connectivity index (χ0) is 13.2. The molecule has 0 spiro atoms. The number of thiazole rings is 1. The van der Waals surface area contributed by atoms with E-state index in [4.69, 9.17) is 5.73 Å². The van der Waals surface area contributed by atoms with Gasteiger partial charge in [-0.25, -0.2) is 9.97 Å². The molecule has 0 amide bonds. The van der Waals surface area contributed by atoms with Crippen LogP contribution >= 0.6 is 11.3 Å². The summed E-state index contributed by atoms with van der Waals surface area (Å²) in [5.41, 5.74) is 6.60. The van der Waals surface area contributed by atoms with Crippen molar-refractivity contribution in [2.24, 2.45) is 0 Å². The van der Waals surface area contributed by atoms with Crippen molar-refractivity contribution in [2.75, 3.05) is 11.1 Å². The topological polar surface area (TPSA) is 96.7 Å². The number of benzene rings is 1. The molecule has 0 atom stereocenters. The maximum atomic E-state index is 11.9. The van der Waals surface area contributed by atoms with Gasteiger partial charge in [-0.05, 0) is 18.2 Å². The van der Waals surface area contributed by atoms with Crippen LogP contribution in [0, 0.1) is 0 Å². The minimum Gasteiger partial charge on any atom is -0.399 e. The number of hydrogen-bond acceptors (Lipinski definition) is 6. The molecule has 19 heavy (non-hydrogen) atoms.